The molecule has 1 spiro atoms. The van der Waals surface area contributed by atoms with E-state index in [0.717, 1.165) is 18.4 Å². The van der Waals surface area contributed by atoms with Gasteiger partial charge in [0.1, 0.15) is 0 Å². The molecule has 2 fully saturated rings. The van der Waals surface area contributed by atoms with Crippen LogP contribution in [-0.2, 0) is 0 Å². The van der Waals surface area contributed by atoms with Gasteiger partial charge < -0.3 is 27.0 Å². The molecule has 1 aromatic heterocycles. The van der Waals surface area contributed by atoms with Crippen LogP contribution in [0.1, 0.15) is 39.3 Å². The Bertz CT molecular complexity index is 1060. The Labute approximate surface area is 184 Å². The number of nitrogens with zero attached hydrogens (tertiary/aromatic N) is 4. The molecule has 4 rings (SSSR count). The molecule has 3 heterocycles. The van der Waals surface area contributed by atoms with Crippen molar-refractivity contribution < 1.29 is 9.59 Å². The lowest BCUT2D eigenvalue weighted by atomic mass is 9.88. The van der Waals surface area contributed by atoms with Crippen LogP contribution in [0, 0.1) is 6.92 Å². The fourth-order valence-corrected chi connectivity index (χ4v) is 3.86. The molecule has 6 N–H and O–H groups in total. The maximum atomic E-state index is 12.7. The SMILES string of the molecule is Cc1ccc(C(=O)N2CCC3(CC2)CN/C(=N\C(=O)c2nc(Cl)c(N)nc2N)N3)cc1. The number of likely N-dealkylation sites (tertiary alicyclic amines) is 1. The van der Waals surface area contributed by atoms with E-state index in [1.54, 1.807) is 0 Å². The largest absolute Gasteiger partial charge is 0.382 e. The average molecular weight is 443 g/mol. The summed E-state index contributed by atoms with van der Waals surface area (Å²) in [6, 6.07) is 7.58. The van der Waals surface area contributed by atoms with E-state index < -0.39 is 5.91 Å². The molecule has 2 aromatic rings. The minimum atomic E-state index is -0.675. The molecule has 2 saturated heterocycles. The fraction of sp³-hybridized carbons (Fsp3) is 0.350. The Morgan fingerprint density at radius 3 is 2.48 bits per heavy atom. The molecule has 0 unspecified atom stereocenters. The van der Waals surface area contributed by atoms with E-state index >= 15 is 0 Å². The molecule has 2 aliphatic heterocycles. The first-order valence-electron chi connectivity index (χ1n) is 9.86. The summed E-state index contributed by atoms with van der Waals surface area (Å²) in [6.45, 7) is 3.79. The lowest BCUT2D eigenvalue weighted by Gasteiger charge is -2.38. The van der Waals surface area contributed by atoms with E-state index in [4.69, 9.17) is 23.1 Å². The van der Waals surface area contributed by atoms with Crippen molar-refractivity contribution in [2.24, 2.45) is 4.99 Å². The van der Waals surface area contributed by atoms with Crippen LogP contribution in [0.4, 0.5) is 11.6 Å². The van der Waals surface area contributed by atoms with Crippen LogP contribution < -0.4 is 22.1 Å². The zero-order valence-corrected chi connectivity index (χ0v) is 17.7. The summed E-state index contributed by atoms with van der Waals surface area (Å²) in [5, 5.41) is 6.30. The van der Waals surface area contributed by atoms with Crippen molar-refractivity contribution >= 4 is 41.0 Å². The third-order valence-electron chi connectivity index (χ3n) is 5.60. The Morgan fingerprint density at radius 1 is 1.13 bits per heavy atom. The predicted octanol–water partition coefficient (Wildman–Crippen LogP) is 0.967. The predicted molar refractivity (Wildman–Crippen MR) is 118 cm³/mol. The smallest absolute Gasteiger partial charge is 0.302 e. The molecule has 1 aromatic carbocycles. The molecule has 2 aliphatic rings. The summed E-state index contributed by atoms with van der Waals surface area (Å²) in [5.41, 5.74) is 12.6. The third kappa shape index (κ3) is 4.24. The minimum Gasteiger partial charge on any atom is -0.382 e. The highest BCUT2D eigenvalue weighted by molar-refractivity contribution is 6.31. The van der Waals surface area contributed by atoms with Gasteiger partial charge in [-0.1, -0.05) is 29.3 Å². The molecule has 0 bridgehead atoms. The van der Waals surface area contributed by atoms with Gasteiger partial charge in [-0.3, -0.25) is 9.59 Å². The molecule has 10 nitrogen and oxygen atoms in total. The molecular formula is C20H23ClN8O2. The fourth-order valence-electron chi connectivity index (χ4n) is 3.73. The summed E-state index contributed by atoms with van der Waals surface area (Å²) < 4.78 is 0. The van der Waals surface area contributed by atoms with Gasteiger partial charge in [0.15, 0.2) is 28.4 Å². The van der Waals surface area contributed by atoms with Crippen molar-refractivity contribution in [1.29, 1.82) is 0 Å². The monoisotopic (exact) mass is 442 g/mol. The van der Waals surface area contributed by atoms with Gasteiger partial charge in [-0.05, 0) is 31.9 Å². The number of halogens is 1. The Hall–Kier alpha value is -3.40. The minimum absolute atomic E-state index is 0.0270. The molecule has 0 atom stereocenters. The number of carbonyl (C=O) groups excluding carboxylic acids is 2. The van der Waals surface area contributed by atoms with Gasteiger partial charge >= 0.3 is 5.91 Å². The number of anilines is 2. The van der Waals surface area contributed by atoms with Gasteiger partial charge in [-0.15, -0.1) is 0 Å². The van der Waals surface area contributed by atoms with E-state index in [-0.39, 0.29) is 33.9 Å². The number of piperidine rings is 1. The highest BCUT2D eigenvalue weighted by Gasteiger charge is 2.40. The number of rotatable bonds is 2. The number of nitrogens with two attached hydrogens (primary N) is 2. The Morgan fingerprint density at radius 2 is 1.81 bits per heavy atom. The molecule has 0 saturated carbocycles. The van der Waals surface area contributed by atoms with Crippen LogP contribution >= 0.6 is 11.6 Å². The number of hydrogen-bond donors (Lipinski definition) is 4. The summed E-state index contributed by atoms with van der Waals surface area (Å²) >= 11 is 5.84. The summed E-state index contributed by atoms with van der Waals surface area (Å²) in [7, 11) is 0. The maximum absolute atomic E-state index is 12.7. The number of amides is 2. The maximum Gasteiger partial charge on any atom is 0.302 e. The number of nitrogens with one attached hydrogen (secondary N) is 2. The number of hydrogen-bond acceptors (Lipinski definition) is 6. The first kappa shape index (κ1) is 20.9. The van der Waals surface area contributed by atoms with E-state index in [1.165, 1.54) is 0 Å². The van der Waals surface area contributed by atoms with Crippen molar-refractivity contribution in [2.75, 3.05) is 31.1 Å². The molecule has 0 aliphatic carbocycles. The second-order valence-corrected chi connectivity index (χ2v) is 8.17. The van der Waals surface area contributed by atoms with Crippen LogP contribution in [-0.4, -0.2) is 57.8 Å². The first-order chi connectivity index (χ1) is 14.8. The topological polar surface area (TPSA) is 152 Å². The zero-order valence-electron chi connectivity index (χ0n) is 17.0. The number of aryl methyl sites for hydroxylation is 1. The zero-order chi connectivity index (χ0) is 22.2. The summed E-state index contributed by atoms with van der Waals surface area (Å²) in [5.74, 6) is -0.499. The highest BCUT2D eigenvalue weighted by atomic mass is 35.5. The normalized spacial score (nSPS) is 18.6. The second-order valence-electron chi connectivity index (χ2n) is 7.82. The highest BCUT2D eigenvalue weighted by Crippen LogP contribution is 2.26. The van der Waals surface area contributed by atoms with Crippen LogP contribution in [0.25, 0.3) is 0 Å². The molecule has 2 amide bonds. The van der Waals surface area contributed by atoms with Crippen molar-refractivity contribution in [3.63, 3.8) is 0 Å². The molecule has 0 radical (unpaired) electrons. The van der Waals surface area contributed by atoms with Gasteiger partial charge in [0.25, 0.3) is 5.91 Å². The van der Waals surface area contributed by atoms with Crippen LogP contribution in [0.3, 0.4) is 0 Å². The number of guanidine groups is 1. The number of aromatic nitrogens is 2. The Kier molecular flexibility index (Phi) is 5.40. The van der Waals surface area contributed by atoms with Gasteiger partial charge in [0, 0.05) is 25.2 Å². The van der Waals surface area contributed by atoms with Crippen molar-refractivity contribution in [2.45, 2.75) is 25.3 Å². The molecular weight excluding hydrogens is 420 g/mol. The lowest BCUT2D eigenvalue weighted by Crippen LogP contribution is -2.53. The quantitative estimate of drug-likeness (QED) is 0.536. The van der Waals surface area contributed by atoms with E-state index in [9.17, 15) is 9.59 Å². The number of aliphatic imine (C=N–C) groups is 1. The lowest BCUT2D eigenvalue weighted by molar-refractivity contribution is 0.0669. The number of nitrogen functional groups attached to an aromatic ring is 2. The summed E-state index contributed by atoms with van der Waals surface area (Å²) in [6.07, 6.45) is 1.45. The van der Waals surface area contributed by atoms with E-state index in [2.05, 4.69) is 25.6 Å². The Balaban J connectivity index is 1.40. The average Bonchev–Trinajstić information content (AvgIpc) is 3.13. The van der Waals surface area contributed by atoms with Gasteiger partial charge in [-0.2, -0.15) is 4.99 Å². The first-order valence-corrected chi connectivity index (χ1v) is 10.2. The molecule has 11 heteroatoms. The van der Waals surface area contributed by atoms with Gasteiger partial charge in [-0.25, -0.2) is 9.97 Å². The second kappa shape index (κ2) is 8.03. The van der Waals surface area contributed by atoms with Crippen molar-refractivity contribution in [1.82, 2.24) is 25.5 Å². The van der Waals surface area contributed by atoms with Crippen LogP contribution in [0.2, 0.25) is 5.15 Å². The van der Waals surface area contributed by atoms with E-state index in [1.807, 2.05) is 36.1 Å². The molecule has 162 valence electrons. The number of benzene rings is 1. The number of carbonyl (C=O) groups is 2. The van der Waals surface area contributed by atoms with Gasteiger partial charge in [0.05, 0.1) is 5.54 Å². The molecule has 31 heavy (non-hydrogen) atoms. The van der Waals surface area contributed by atoms with E-state index in [0.29, 0.717) is 31.2 Å². The van der Waals surface area contributed by atoms with Crippen LogP contribution in [0.5, 0.6) is 0 Å². The third-order valence-corrected chi connectivity index (χ3v) is 5.88. The van der Waals surface area contributed by atoms with Crippen molar-refractivity contribution in [3.8, 4) is 0 Å². The standard InChI is InChI=1S/C20H23ClN8O2/c1-11-2-4-12(5-3-11)18(31)29-8-6-20(7-9-29)10-24-19(28-20)27-17(30)13-15(22)26-16(23)14(21)25-13/h2-5H,6-10H2,1H3,(H4,22,23,26)(H2,24,27,28,30). The van der Waals surface area contributed by atoms with Gasteiger partial charge in [0.2, 0.25) is 0 Å². The van der Waals surface area contributed by atoms with Crippen LogP contribution in [0.15, 0.2) is 29.3 Å². The van der Waals surface area contributed by atoms with Crippen molar-refractivity contribution in [3.05, 3.63) is 46.2 Å². The summed E-state index contributed by atoms with van der Waals surface area (Å²) in [4.78, 5) is 38.8.